The second kappa shape index (κ2) is 6.77. The van der Waals surface area contributed by atoms with Crippen LogP contribution in [0.25, 0.3) is 0 Å². The first-order valence-corrected chi connectivity index (χ1v) is 7.26. The molecule has 0 spiro atoms. The molecule has 2 aromatic rings. The fraction of sp³-hybridized carbons (Fsp3) is 0.133. The molecule has 5 heteroatoms. The van der Waals surface area contributed by atoms with Crippen molar-refractivity contribution in [2.24, 2.45) is 0 Å². The molecule has 0 fully saturated rings. The Balaban J connectivity index is 2.00. The number of carbonyl (C=O) groups is 1. The Bertz CT molecular complexity index is 604. The van der Waals surface area contributed by atoms with Crippen molar-refractivity contribution >= 4 is 33.4 Å². The van der Waals surface area contributed by atoms with Gasteiger partial charge < -0.3 is 10.4 Å². The van der Waals surface area contributed by atoms with Crippen molar-refractivity contribution in [3.05, 3.63) is 64.1 Å². The Labute approximate surface area is 130 Å². The monoisotopic (exact) mass is 353 g/mol. The number of carbonyl (C=O) groups excluding carboxylic acids is 1. The summed E-state index contributed by atoms with van der Waals surface area (Å²) in [5, 5.41) is 12.1. The summed E-state index contributed by atoms with van der Waals surface area (Å²) >= 11 is 9.49. The zero-order valence-electron chi connectivity index (χ0n) is 10.5. The van der Waals surface area contributed by atoms with Gasteiger partial charge in [-0.3, -0.25) is 4.79 Å². The van der Waals surface area contributed by atoms with Crippen LogP contribution in [0.1, 0.15) is 21.3 Å². The number of phenolic OH excluding ortho intramolecular Hbond substituents is 1. The van der Waals surface area contributed by atoms with Gasteiger partial charge in [0.25, 0.3) is 5.91 Å². The summed E-state index contributed by atoms with van der Waals surface area (Å²) in [6, 6.07) is 14.2. The van der Waals surface area contributed by atoms with Crippen molar-refractivity contribution < 1.29 is 9.90 Å². The second-order valence-corrected chi connectivity index (χ2v) is 5.69. The van der Waals surface area contributed by atoms with Gasteiger partial charge in [0.1, 0.15) is 5.75 Å². The van der Waals surface area contributed by atoms with E-state index >= 15 is 0 Å². The number of phenols is 1. The van der Waals surface area contributed by atoms with Crippen molar-refractivity contribution in [3.63, 3.8) is 0 Å². The predicted molar refractivity (Wildman–Crippen MR) is 83.2 cm³/mol. The minimum Gasteiger partial charge on any atom is -0.507 e. The van der Waals surface area contributed by atoms with Crippen LogP contribution in [0.3, 0.4) is 0 Å². The Morgan fingerprint density at radius 1 is 1.25 bits per heavy atom. The van der Waals surface area contributed by atoms with Crippen LogP contribution in [-0.4, -0.2) is 17.6 Å². The minimum absolute atomic E-state index is 0.0588. The van der Waals surface area contributed by atoms with Gasteiger partial charge in [-0.15, -0.1) is 11.6 Å². The van der Waals surface area contributed by atoms with Crippen molar-refractivity contribution in [1.82, 2.24) is 5.32 Å². The maximum Gasteiger partial charge on any atom is 0.255 e. The van der Waals surface area contributed by atoms with Crippen molar-refractivity contribution in [2.45, 2.75) is 5.38 Å². The highest BCUT2D eigenvalue weighted by molar-refractivity contribution is 9.10. The molecule has 0 aliphatic rings. The lowest BCUT2D eigenvalue weighted by atomic mass is 10.1. The largest absolute Gasteiger partial charge is 0.507 e. The lowest BCUT2D eigenvalue weighted by molar-refractivity contribution is 0.0951. The molecule has 0 aliphatic heterocycles. The van der Waals surface area contributed by atoms with Gasteiger partial charge in [-0.1, -0.05) is 46.3 Å². The van der Waals surface area contributed by atoms with Crippen LogP contribution >= 0.6 is 27.5 Å². The van der Waals surface area contributed by atoms with E-state index in [9.17, 15) is 9.90 Å². The second-order valence-electron chi connectivity index (χ2n) is 4.25. The normalized spacial score (nSPS) is 11.9. The average molecular weight is 355 g/mol. The van der Waals surface area contributed by atoms with E-state index in [1.54, 1.807) is 12.1 Å². The lowest BCUT2D eigenvalue weighted by Crippen LogP contribution is -2.26. The SMILES string of the molecule is O=C(NCC(Cl)c1ccccc1)c1cc(Br)ccc1O. The number of hydrogen-bond acceptors (Lipinski definition) is 2. The molecule has 1 atom stereocenters. The number of rotatable bonds is 4. The van der Waals surface area contributed by atoms with Crippen LogP contribution in [0, 0.1) is 0 Å². The van der Waals surface area contributed by atoms with Gasteiger partial charge >= 0.3 is 0 Å². The molecular weight excluding hydrogens is 342 g/mol. The molecule has 2 rings (SSSR count). The molecule has 104 valence electrons. The molecule has 0 saturated heterocycles. The van der Waals surface area contributed by atoms with Gasteiger partial charge in [0, 0.05) is 11.0 Å². The molecule has 1 unspecified atom stereocenters. The number of amides is 1. The van der Waals surface area contributed by atoms with Crippen LogP contribution in [0.5, 0.6) is 5.75 Å². The fourth-order valence-corrected chi connectivity index (χ4v) is 2.33. The summed E-state index contributed by atoms with van der Waals surface area (Å²) in [4.78, 5) is 12.0. The highest BCUT2D eigenvalue weighted by atomic mass is 79.9. The number of alkyl halides is 1. The molecule has 0 radical (unpaired) electrons. The summed E-state index contributed by atoms with van der Waals surface area (Å²) in [5.74, 6) is -0.415. The molecule has 0 saturated carbocycles. The maximum absolute atomic E-state index is 12.0. The van der Waals surface area contributed by atoms with Gasteiger partial charge in [-0.25, -0.2) is 0 Å². The molecule has 1 amide bonds. The molecule has 0 bridgehead atoms. The van der Waals surface area contributed by atoms with E-state index in [2.05, 4.69) is 21.2 Å². The summed E-state index contributed by atoms with van der Waals surface area (Å²) in [6.07, 6.45) is 0. The first-order valence-electron chi connectivity index (χ1n) is 6.03. The summed E-state index contributed by atoms with van der Waals surface area (Å²) in [5.41, 5.74) is 1.16. The van der Waals surface area contributed by atoms with Gasteiger partial charge in [0.15, 0.2) is 0 Å². The highest BCUT2D eigenvalue weighted by Gasteiger charge is 2.14. The topological polar surface area (TPSA) is 49.3 Å². The zero-order valence-corrected chi connectivity index (χ0v) is 12.9. The van der Waals surface area contributed by atoms with Crippen LogP contribution in [0.15, 0.2) is 53.0 Å². The third-order valence-corrected chi connectivity index (χ3v) is 3.71. The number of nitrogens with one attached hydrogen (secondary N) is 1. The standard InChI is InChI=1S/C15H13BrClNO2/c16-11-6-7-14(19)12(8-11)15(20)18-9-13(17)10-4-2-1-3-5-10/h1-8,13,19H,9H2,(H,18,20). The van der Waals surface area contributed by atoms with E-state index in [0.29, 0.717) is 0 Å². The smallest absolute Gasteiger partial charge is 0.255 e. The minimum atomic E-state index is -0.356. The highest BCUT2D eigenvalue weighted by Crippen LogP contribution is 2.23. The van der Waals surface area contributed by atoms with Crippen molar-refractivity contribution in [2.75, 3.05) is 6.54 Å². The van der Waals surface area contributed by atoms with Crippen LogP contribution < -0.4 is 5.32 Å². The van der Waals surface area contributed by atoms with Crippen LogP contribution in [-0.2, 0) is 0 Å². The molecule has 20 heavy (non-hydrogen) atoms. The molecule has 2 N–H and O–H groups in total. The molecule has 0 heterocycles. The number of halogens is 2. The van der Waals surface area contributed by atoms with E-state index in [1.807, 2.05) is 30.3 Å². The Morgan fingerprint density at radius 2 is 1.95 bits per heavy atom. The van der Waals surface area contributed by atoms with E-state index in [-0.39, 0.29) is 29.1 Å². The van der Waals surface area contributed by atoms with Crippen LogP contribution in [0.2, 0.25) is 0 Å². The fourth-order valence-electron chi connectivity index (χ4n) is 1.75. The van der Waals surface area contributed by atoms with Gasteiger partial charge in [-0.2, -0.15) is 0 Å². The van der Waals surface area contributed by atoms with Crippen molar-refractivity contribution in [3.8, 4) is 5.75 Å². The van der Waals surface area contributed by atoms with E-state index in [4.69, 9.17) is 11.6 Å². The predicted octanol–water partition coefficient (Wildman–Crippen LogP) is 3.86. The van der Waals surface area contributed by atoms with E-state index in [1.165, 1.54) is 6.07 Å². The first kappa shape index (κ1) is 14.9. The molecule has 3 nitrogen and oxygen atoms in total. The molecule has 0 aromatic heterocycles. The summed E-state index contributed by atoms with van der Waals surface area (Å²) in [7, 11) is 0. The third kappa shape index (κ3) is 3.74. The van der Waals surface area contributed by atoms with E-state index in [0.717, 1.165) is 10.0 Å². The van der Waals surface area contributed by atoms with E-state index < -0.39 is 0 Å². The Kier molecular flexibility index (Phi) is 5.04. The first-order chi connectivity index (χ1) is 9.58. The van der Waals surface area contributed by atoms with Gasteiger partial charge in [0.05, 0.1) is 10.9 Å². The third-order valence-electron chi connectivity index (χ3n) is 2.81. The summed E-state index contributed by atoms with van der Waals surface area (Å²) < 4.78 is 0.728. The van der Waals surface area contributed by atoms with Crippen LogP contribution in [0.4, 0.5) is 0 Å². The lowest BCUT2D eigenvalue weighted by Gasteiger charge is -2.12. The average Bonchev–Trinajstić information content (AvgIpc) is 2.47. The Morgan fingerprint density at radius 3 is 2.65 bits per heavy atom. The van der Waals surface area contributed by atoms with Crippen molar-refractivity contribution in [1.29, 1.82) is 0 Å². The maximum atomic E-state index is 12.0. The Hall–Kier alpha value is -1.52. The molecule has 0 aliphatic carbocycles. The summed E-state index contributed by atoms with van der Waals surface area (Å²) in [6.45, 7) is 0.288. The zero-order chi connectivity index (χ0) is 14.5. The number of benzene rings is 2. The molecular formula is C15H13BrClNO2. The number of hydrogen-bond donors (Lipinski definition) is 2. The quantitative estimate of drug-likeness (QED) is 0.819. The van der Waals surface area contributed by atoms with Gasteiger partial charge in [-0.05, 0) is 23.8 Å². The van der Waals surface area contributed by atoms with Gasteiger partial charge in [0.2, 0.25) is 0 Å². The molecule has 2 aromatic carbocycles. The number of aromatic hydroxyl groups is 1.